The number of methoxy groups -OCH3 is 1. The molecule has 0 saturated carbocycles. The molecule has 1 aromatic heterocycles. The van der Waals surface area contributed by atoms with Gasteiger partial charge in [-0.15, -0.1) is 11.3 Å². The summed E-state index contributed by atoms with van der Waals surface area (Å²) < 4.78 is 5.91. The molecule has 1 amide bonds. The standard InChI is InChI=1S/C12H12ClN3O2S2/c1-18-8-4-3-6(13)5-7(8)15-11(17)9-10(14)16-12(19-2)20-9/h3-5H,14H2,1-2H3,(H,15,17). The van der Waals surface area contributed by atoms with Gasteiger partial charge in [-0.05, 0) is 24.5 Å². The molecule has 20 heavy (non-hydrogen) atoms. The summed E-state index contributed by atoms with van der Waals surface area (Å²) >= 11 is 8.60. The number of hydrogen-bond donors (Lipinski definition) is 2. The highest BCUT2D eigenvalue weighted by molar-refractivity contribution is 8.00. The lowest BCUT2D eigenvalue weighted by Crippen LogP contribution is -2.13. The molecule has 8 heteroatoms. The summed E-state index contributed by atoms with van der Waals surface area (Å²) in [6, 6.07) is 4.98. The van der Waals surface area contributed by atoms with E-state index in [2.05, 4.69) is 10.3 Å². The van der Waals surface area contributed by atoms with Gasteiger partial charge in [-0.25, -0.2) is 4.98 Å². The monoisotopic (exact) mass is 329 g/mol. The van der Waals surface area contributed by atoms with Crippen molar-refractivity contribution in [3.05, 3.63) is 28.1 Å². The average molecular weight is 330 g/mol. The van der Waals surface area contributed by atoms with Gasteiger partial charge in [0, 0.05) is 5.02 Å². The van der Waals surface area contributed by atoms with Crippen LogP contribution < -0.4 is 15.8 Å². The minimum absolute atomic E-state index is 0.220. The van der Waals surface area contributed by atoms with Gasteiger partial charge in [-0.2, -0.15) is 0 Å². The van der Waals surface area contributed by atoms with Crippen molar-refractivity contribution in [3.63, 3.8) is 0 Å². The summed E-state index contributed by atoms with van der Waals surface area (Å²) in [6.45, 7) is 0. The van der Waals surface area contributed by atoms with Gasteiger partial charge >= 0.3 is 0 Å². The molecule has 106 valence electrons. The van der Waals surface area contributed by atoms with E-state index < -0.39 is 0 Å². The molecule has 0 aliphatic heterocycles. The number of nitrogens with one attached hydrogen (secondary N) is 1. The van der Waals surface area contributed by atoms with Crippen LogP contribution in [0.2, 0.25) is 5.02 Å². The minimum atomic E-state index is -0.333. The Hall–Kier alpha value is -1.44. The van der Waals surface area contributed by atoms with Crippen molar-refractivity contribution in [3.8, 4) is 5.75 Å². The number of nitrogen functional groups attached to an aromatic ring is 1. The van der Waals surface area contributed by atoms with Crippen LogP contribution in [-0.2, 0) is 0 Å². The second-order valence-electron chi connectivity index (χ2n) is 3.70. The zero-order valence-corrected chi connectivity index (χ0v) is 13.2. The molecule has 1 heterocycles. The molecule has 2 aromatic rings. The molecule has 0 aliphatic carbocycles. The normalized spacial score (nSPS) is 10.3. The first-order valence-electron chi connectivity index (χ1n) is 5.50. The molecule has 2 rings (SSSR count). The van der Waals surface area contributed by atoms with Gasteiger partial charge < -0.3 is 15.8 Å². The van der Waals surface area contributed by atoms with Crippen LogP contribution in [0.1, 0.15) is 9.67 Å². The first kappa shape index (κ1) is 15.0. The first-order valence-corrected chi connectivity index (χ1v) is 7.92. The van der Waals surface area contributed by atoms with Gasteiger partial charge in [0.1, 0.15) is 16.4 Å². The Morgan fingerprint density at radius 2 is 2.30 bits per heavy atom. The van der Waals surface area contributed by atoms with Gasteiger partial charge in [0.25, 0.3) is 5.91 Å². The van der Waals surface area contributed by atoms with Crippen LogP contribution in [0, 0.1) is 0 Å². The van der Waals surface area contributed by atoms with Crippen molar-refractivity contribution in [1.29, 1.82) is 0 Å². The number of benzene rings is 1. The molecule has 0 radical (unpaired) electrons. The number of carbonyl (C=O) groups is 1. The van der Waals surface area contributed by atoms with Crippen molar-refractivity contribution in [1.82, 2.24) is 4.98 Å². The lowest BCUT2D eigenvalue weighted by Gasteiger charge is -2.09. The Balaban J connectivity index is 2.27. The number of amides is 1. The van der Waals surface area contributed by atoms with Gasteiger partial charge in [-0.3, -0.25) is 4.79 Å². The molecule has 0 fully saturated rings. The maximum absolute atomic E-state index is 12.2. The first-order chi connectivity index (χ1) is 9.55. The number of thioether (sulfide) groups is 1. The number of halogens is 1. The Kier molecular flexibility index (Phi) is 4.74. The minimum Gasteiger partial charge on any atom is -0.495 e. The zero-order valence-electron chi connectivity index (χ0n) is 10.8. The summed E-state index contributed by atoms with van der Waals surface area (Å²) in [4.78, 5) is 16.7. The number of nitrogens with two attached hydrogens (primary N) is 1. The number of rotatable bonds is 4. The maximum Gasteiger partial charge on any atom is 0.269 e. The number of carbonyl (C=O) groups excluding carboxylic acids is 1. The van der Waals surface area contributed by atoms with Crippen LogP contribution in [0.25, 0.3) is 0 Å². The van der Waals surface area contributed by atoms with E-state index in [9.17, 15) is 4.79 Å². The van der Waals surface area contributed by atoms with E-state index in [1.165, 1.54) is 30.2 Å². The van der Waals surface area contributed by atoms with E-state index in [4.69, 9.17) is 22.1 Å². The highest BCUT2D eigenvalue weighted by atomic mass is 35.5. The maximum atomic E-state index is 12.2. The van der Waals surface area contributed by atoms with E-state index >= 15 is 0 Å². The largest absolute Gasteiger partial charge is 0.495 e. The lowest BCUT2D eigenvalue weighted by atomic mass is 10.3. The number of aromatic nitrogens is 1. The van der Waals surface area contributed by atoms with Gasteiger partial charge in [0.15, 0.2) is 4.34 Å². The number of anilines is 2. The summed E-state index contributed by atoms with van der Waals surface area (Å²) in [5.41, 5.74) is 6.23. The van der Waals surface area contributed by atoms with Gasteiger partial charge in [0.2, 0.25) is 0 Å². The van der Waals surface area contributed by atoms with Crippen molar-refractivity contribution in [2.75, 3.05) is 24.4 Å². The van der Waals surface area contributed by atoms with Crippen LogP contribution in [0.4, 0.5) is 11.5 Å². The highest BCUT2D eigenvalue weighted by Gasteiger charge is 2.17. The third-order valence-electron chi connectivity index (χ3n) is 2.42. The Morgan fingerprint density at radius 1 is 1.55 bits per heavy atom. The lowest BCUT2D eigenvalue weighted by molar-refractivity contribution is 0.103. The quantitative estimate of drug-likeness (QED) is 0.841. The summed E-state index contributed by atoms with van der Waals surface area (Å²) in [5.74, 6) is 0.412. The van der Waals surface area contributed by atoms with E-state index in [1.54, 1.807) is 18.2 Å². The predicted octanol–water partition coefficient (Wildman–Crippen LogP) is 3.36. The summed E-state index contributed by atoms with van der Waals surface area (Å²) in [6.07, 6.45) is 1.87. The molecule has 3 N–H and O–H groups in total. The Morgan fingerprint density at radius 3 is 2.90 bits per heavy atom. The molecule has 5 nitrogen and oxygen atoms in total. The van der Waals surface area contributed by atoms with Crippen LogP contribution in [-0.4, -0.2) is 24.3 Å². The van der Waals surface area contributed by atoms with Crippen LogP contribution in [0.15, 0.2) is 22.5 Å². The van der Waals surface area contributed by atoms with Crippen molar-refractivity contribution >= 4 is 52.1 Å². The number of nitrogens with zero attached hydrogens (tertiary/aromatic N) is 1. The van der Waals surface area contributed by atoms with E-state index in [0.29, 0.717) is 21.3 Å². The van der Waals surface area contributed by atoms with E-state index in [0.717, 1.165) is 4.34 Å². The molecule has 1 aromatic carbocycles. The van der Waals surface area contributed by atoms with Crippen LogP contribution in [0.3, 0.4) is 0 Å². The average Bonchev–Trinajstić information content (AvgIpc) is 2.80. The number of hydrogen-bond acceptors (Lipinski definition) is 6. The fourth-order valence-corrected chi connectivity index (χ4v) is 3.08. The smallest absolute Gasteiger partial charge is 0.269 e. The highest BCUT2D eigenvalue weighted by Crippen LogP contribution is 2.31. The zero-order chi connectivity index (χ0) is 14.7. The molecule has 0 aliphatic rings. The summed E-state index contributed by atoms with van der Waals surface area (Å²) in [5, 5.41) is 3.23. The van der Waals surface area contributed by atoms with Gasteiger partial charge in [0.05, 0.1) is 12.8 Å². The number of ether oxygens (including phenoxy) is 1. The van der Waals surface area contributed by atoms with E-state index in [1.807, 2.05) is 6.26 Å². The third-order valence-corrected chi connectivity index (χ3v) is 4.71. The van der Waals surface area contributed by atoms with Crippen LogP contribution in [0.5, 0.6) is 5.75 Å². The van der Waals surface area contributed by atoms with Crippen molar-refractivity contribution in [2.45, 2.75) is 4.34 Å². The topological polar surface area (TPSA) is 77.2 Å². The molecular formula is C12H12ClN3O2S2. The Bertz CT molecular complexity index is 646. The Labute approximate surface area is 129 Å². The third kappa shape index (κ3) is 3.17. The second kappa shape index (κ2) is 6.34. The van der Waals surface area contributed by atoms with Crippen molar-refractivity contribution in [2.24, 2.45) is 0 Å². The SMILES string of the molecule is COc1ccc(Cl)cc1NC(=O)c1sc(SC)nc1N. The van der Waals surface area contributed by atoms with Gasteiger partial charge in [-0.1, -0.05) is 23.4 Å². The fraction of sp³-hybridized carbons (Fsp3) is 0.167. The second-order valence-corrected chi connectivity index (χ2v) is 6.19. The molecule has 0 unspecified atom stereocenters. The van der Waals surface area contributed by atoms with Crippen molar-refractivity contribution < 1.29 is 9.53 Å². The molecular weight excluding hydrogens is 318 g/mol. The molecule has 0 spiro atoms. The fourth-order valence-electron chi connectivity index (χ4n) is 1.52. The van der Waals surface area contributed by atoms with Crippen LogP contribution >= 0.6 is 34.7 Å². The van der Waals surface area contributed by atoms with E-state index in [-0.39, 0.29) is 11.7 Å². The molecule has 0 atom stereocenters. The number of thiazole rings is 1. The predicted molar refractivity (Wildman–Crippen MR) is 84.3 cm³/mol. The summed E-state index contributed by atoms with van der Waals surface area (Å²) in [7, 11) is 1.52. The molecule has 0 bridgehead atoms. The molecule has 0 saturated heterocycles.